The number of benzene rings is 2. The summed E-state index contributed by atoms with van der Waals surface area (Å²) in [5.74, 6) is -0.354. The predicted molar refractivity (Wildman–Crippen MR) is 82.7 cm³/mol. The van der Waals surface area contributed by atoms with E-state index in [2.05, 4.69) is 21.2 Å². The Morgan fingerprint density at radius 1 is 1.30 bits per heavy atom. The molecular weight excluding hydrogens is 342 g/mol. The molecule has 0 saturated carbocycles. The Morgan fingerprint density at radius 3 is 2.70 bits per heavy atom. The normalized spacial score (nSPS) is 9.85. The van der Waals surface area contributed by atoms with Crippen molar-refractivity contribution in [3.8, 4) is 6.07 Å². The molecule has 0 bridgehead atoms. The fraction of sp³-hybridized carbons (Fsp3) is 0. The van der Waals surface area contributed by atoms with Gasteiger partial charge in [0.1, 0.15) is 6.07 Å². The molecule has 0 unspecified atom stereocenters. The Hall–Kier alpha value is -2.03. The van der Waals surface area contributed by atoms with Crippen molar-refractivity contribution in [3.63, 3.8) is 0 Å². The van der Waals surface area contributed by atoms with Crippen LogP contribution in [0.25, 0.3) is 0 Å². The standard InChI is InChI=1S/C14H9BrClN3O/c15-10-2-4-13(9(5-10)7-17)19-14(20)8-1-3-11(16)12(18)6-8/h1-6H,18H2,(H,19,20). The van der Waals surface area contributed by atoms with E-state index in [1.165, 1.54) is 6.07 Å². The van der Waals surface area contributed by atoms with Crippen LogP contribution in [-0.4, -0.2) is 5.91 Å². The molecule has 0 radical (unpaired) electrons. The monoisotopic (exact) mass is 349 g/mol. The largest absolute Gasteiger partial charge is 0.398 e. The average Bonchev–Trinajstić information content (AvgIpc) is 2.43. The Bertz CT molecular complexity index is 725. The second-order valence-electron chi connectivity index (χ2n) is 3.99. The molecule has 0 aliphatic heterocycles. The lowest BCUT2D eigenvalue weighted by Gasteiger charge is -2.08. The summed E-state index contributed by atoms with van der Waals surface area (Å²) in [5, 5.41) is 12.1. The molecule has 0 atom stereocenters. The first-order chi connectivity index (χ1) is 9.51. The summed E-state index contributed by atoms with van der Waals surface area (Å²) in [6.45, 7) is 0. The number of nitrogens with two attached hydrogens (primary N) is 1. The third-order valence-electron chi connectivity index (χ3n) is 2.61. The molecular formula is C14H9BrClN3O. The molecule has 3 N–H and O–H groups in total. The number of rotatable bonds is 2. The van der Waals surface area contributed by atoms with Crippen LogP contribution in [0.5, 0.6) is 0 Å². The topological polar surface area (TPSA) is 78.9 Å². The fourth-order valence-corrected chi connectivity index (χ4v) is 2.08. The van der Waals surface area contributed by atoms with E-state index < -0.39 is 0 Å². The van der Waals surface area contributed by atoms with Gasteiger partial charge in [0.15, 0.2) is 0 Å². The minimum absolute atomic E-state index is 0.329. The summed E-state index contributed by atoms with van der Waals surface area (Å²) in [6, 6.07) is 11.7. The van der Waals surface area contributed by atoms with Crippen LogP contribution in [0.2, 0.25) is 5.02 Å². The Balaban J connectivity index is 2.28. The minimum atomic E-state index is -0.354. The number of hydrogen-bond donors (Lipinski definition) is 2. The summed E-state index contributed by atoms with van der Waals surface area (Å²) in [4.78, 5) is 12.1. The molecule has 2 aromatic rings. The van der Waals surface area contributed by atoms with Crippen LogP contribution in [0.1, 0.15) is 15.9 Å². The van der Waals surface area contributed by atoms with Crippen molar-refractivity contribution in [2.24, 2.45) is 0 Å². The summed E-state index contributed by atoms with van der Waals surface area (Å²) in [6.07, 6.45) is 0. The number of carbonyl (C=O) groups is 1. The van der Waals surface area contributed by atoms with E-state index in [1.54, 1.807) is 30.3 Å². The number of halogens is 2. The van der Waals surface area contributed by atoms with Crippen molar-refractivity contribution in [2.45, 2.75) is 0 Å². The molecule has 0 heterocycles. The Morgan fingerprint density at radius 2 is 2.05 bits per heavy atom. The van der Waals surface area contributed by atoms with E-state index in [0.717, 1.165) is 4.47 Å². The highest BCUT2D eigenvalue weighted by atomic mass is 79.9. The molecule has 0 saturated heterocycles. The van der Waals surface area contributed by atoms with Crippen LogP contribution in [0.4, 0.5) is 11.4 Å². The number of anilines is 2. The van der Waals surface area contributed by atoms with E-state index in [1.807, 2.05) is 6.07 Å². The van der Waals surface area contributed by atoms with Crippen molar-refractivity contribution in [2.75, 3.05) is 11.1 Å². The quantitative estimate of drug-likeness (QED) is 0.808. The molecule has 4 nitrogen and oxygen atoms in total. The first kappa shape index (κ1) is 14.4. The predicted octanol–water partition coefficient (Wildman–Crippen LogP) is 3.81. The number of nitriles is 1. The van der Waals surface area contributed by atoms with Gasteiger partial charge in [-0.15, -0.1) is 0 Å². The van der Waals surface area contributed by atoms with E-state index >= 15 is 0 Å². The minimum Gasteiger partial charge on any atom is -0.398 e. The molecule has 0 aliphatic carbocycles. The molecule has 100 valence electrons. The van der Waals surface area contributed by atoms with Gasteiger partial charge in [-0.05, 0) is 36.4 Å². The lowest BCUT2D eigenvalue weighted by atomic mass is 10.1. The first-order valence-electron chi connectivity index (χ1n) is 5.57. The molecule has 0 fully saturated rings. The van der Waals surface area contributed by atoms with Gasteiger partial charge in [-0.1, -0.05) is 27.5 Å². The van der Waals surface area contributed by atoms with Gasteiger partial charge in [0.05, 0.1) is 22.0 Å². The van der Waals surface area contributed by atoms with E-state index in [0.29, 0.717) is 27.5 Å². The zero-order valence-electron chi connectivity index (χ0n) is 10.2. The highest BCUT2D eigenvalue weighted by Gasteiger charge is 2.10. The lowest BCUT2D eigenvalue weighted by Crippen LogP contribution is -2.13. The lowest BCUT2D eigenvalue weighted by molar-refractivity contribution is 0.102. The van der Waals surface area contributed by atoms with E-state index in [-0.39, 0.29) is 5.91 Å². The van der Waals surface area contributed by atoms with Crippen LogP contribution < -0.4 is 11.1 Å². The zero-order valence-corrected chi connectivity index (χ0v) is 12.5. The summed E-state index contributed by atoms with van der Waals surface area (Å²) < 4.78 is 0.766. The molecule has 6 heteroatoms. The number of nitrogen functional groups attached to an aromatic ring is 1. The smallest absolute Gasteiger partial charge is 0.255 e. The van der Waals surface area contributed by atoms with Gasteiger partial charge in [0.2, 0.25) is 0 Å². The second-order valence-corrected chi connectivity index (χ2v) is 5.32. The van der Waals surface area contributed by atoms with Gasteiger partial charge in [-0.3, -0.25) is 4.79 Å². The number of hydrogen-bond acceptors (Lipinski definition) is 3. The van der Waals surface area contributed by atoms with Gasteiger partial charge in [0, 0.05) is 10.0 Å². The molecule has 20 heavy (non-hydrogen) atoms. The van der Waals surface area contributed by atoms with Gasteiger partial charge < -0.3 is 11.1 Å². The fourth-order valence-electron chi connectivity index (χ4n) is 1.60. The molecule has 0 spiro atoms. The second kappa shape index (κ2) is 5.95. The third-order valence-corrected chi connectivity index (χ3v) is 3.45. The van der Waals surface area contributed by atoms with Crippen LogP contribution >= 0.6 is 27.5 Å². The van der Waals surface area contributed by atoms with E-state index in [9.17, 15) is 4.79 Å². The van der Waals surface area contributed by atoms with Gasteiger partial charge in [0.25, 0.3) is 5.91 Å². The van der Waals surface area contributed by atoms with Crippen LogP contribution in [-0.2, 0) is 0 Å². The number of amides is 1. The van der Waals surface area contributed by atoms with Crippen molar-refractivity contribution < 1.29 is 4.79 Å². The summed E-state index contributed by atoms with van der Waals surface area (Å²) >= 11 is 9.08. The zero-order chi connectivity index (χ0) is 14.7. The first-order valence-corrected chi connectivity index (χ1v) is 6.74. The molecule has 2 rings (SSSR count). The molecule has 2 aromatic carbocycles. The van der Waals surface area contributed by atoms with Crippen molar-refractivity contribution in [1.29, 1.82) is 5.26 Å². The molecule has 0 aromatic heterocycles. The van der Waals surface area contributed by atoms with Crippen molar-refractivity contribution in [1.82, 2.24) is 0 Å². The highest BCUT2D eigenvalue weighted by Crippen LogP contribution is 2.23. The average molecular weight is 351 g/mol. The van der Waals surface area contributed by atoms with Crippen LogP contribution in [0.3, 0.4) is 0 Å². The molecule has 0 aliphatic rings. The van der Waals surface area contributed by atoms with Crippen LogP contribution in [0, 0.1) is 11.3 Å². The molecule has 1 amide bonds. The maximum Gasteiger partial charge on any atom is 0.255 e. The number of nitrogens with one attached hydrogen (secondary N) is 1. The van der Waals surface area contributed by atoms with E-state index in [4.69, 9.17) is 22.6 Å². The number of carbonyl (C=O) groups excluding carboxylic acids is 1. The van der Waals surface area contributed by atoms with Crippen LogP contribution in [0.15, 0.2) is 40.9 Å². The SMILES string of the molecule is N#Cc1cc(Br)ccc1NC(=O)c1ccc(Cl)c(N)c1. The van der Waals surface area contributed by atoms with Gasteiger partial charge >= 0.3 is 0 Å². The van der Waals surface area contributed by atoms with Gasteiger partial charge in [-0.2, -0.15) is 5.26 Å². The van der Waals surface area contributed by atoms with Crippen molar-refractivity contribution >= 4 is 44.8 Å². The van der Waals surface area contributed by atoms with Gasteiger partial charge in [-0.25, -0.2) is 0 Å². The Labute approximate surface area is 129 Å². The Kier molecular flexibility index (Phi) is 4.28. The number of nitrogens with zero attached hydrogens (tertiary/aromatic N) is 1. The highest BCUT2D eigenvalue weighted by molar-refractivity contribution is 9.10. The third kappa shape index (κ3) is 3.10. The summed E-state index contributed by atoms with van der Waals surface area (Å²) in [5.41, 5.74) is 7.17. The maximum absolute atomic E-state index is 12.1. The summed E-state index contributed by atoms with van der Waals surface area (Å²) in [7, 11) is 0. The maximum atomic E-state index is 12.1. The van der Waals surface area contributed by atoms with Crippen molar-refractivity contribution in [3.05, 3.63) is 57.0 Å².